The van der Waals surface area contributed by atoms with E-state index in [-0.39, 0.29) is 0 Å². The molecule has 1 aromatic carbocycles. The third kappa shape index (κ3) is 1.21. The minimum atomic E-state index is 0.711. The Kier molecular flexibility index (Phi) is 1.81. The molecule has 0 aromatic heterocycles. The van der Waals surface area contributed by atoms with Gasteiger partial charge in [-0.15, -0.1) is 0 Å². The van der Waals surface area contributed by atoms with Crippen molar-refractivity contribution in [2.75, 3.05) is 11.5 Å². The van der Waals surface area contributed by atoms with Crippen LogP contribution in [0, 0.1) is 6.42 Å². The van der Waals surface area contributed by atoms with Gasteiger partial charge in [-0.05, 0) is 24.1 Å². The van der Waals surface area contributed by atoms with Gasteiger partial charge in [0.1, 0.15) is 0 Å². The number of nitrogens with two attached hydrogens (primary N) is 2. The molecule has 0 aliphatic rings. The zero-order chi connectivity index (χ0) is 7.56. The normalized spacial score (nSPS) is 9.70. The van der Waals surface area contributed by atoms with Crippen LogP contribution in [0.15, 0.2) is 18.2 Å². The summed E-state index contributed by atoms with van der Waals surface area (Å²) < 4.78 is 0. The Morgan fingerprint density at radius 1 is 1.30 bits per heavy atom. The smallest absolute Gasteiger partial charge is 0.0370 e. The maximum absolute atomic E-state index is 5.62. The van der Waals surface area contributed by atoms with Crippen LogP contribution in [-0.2, 0) is 0 Å². The third-order valence-corrected chi connectivity index (χ3v) is 1.42. The van der Waals surface area contributed by atoms with Gasteiger partial charge >= 0.3 is 0 Å². The van der Waals surface area contributed by atoms with E-state index < -0.39 is 0 Å². The highest BCUT2D eigenvalue weighted by Gasteiger charge is 1.94. The average molecular weight is 135 g/mol. The highest BCUT2D eigenvalue weighted by Crippen LogP contribution is 2.16. The summed E-state index contributed by atoms with van der Waals surface area (Å²) in [6, 6.07) is 5.51. The van der Waals surface area contributed by atoms with Crippen LogP contribution in [0.5, 0.6) is 0 Å². The van der Waals surface area contributed by atoms with E-state index in [1.807, 2.05) is 25.5 Å². The zero-order valence-electron chi connectivity index (χ0n) is 5.96. The van der Waals surface area contributed by atoms with Crippen molar-refractivity contribution in [1.29, 1.82) is 0 Å². The first kappa shape index (κ1) is 6.93. The Morgan fingerprint density at radius 3 is 2.50 bits per heavy atom. The second-order valence-corrected chi connectivity index (χ2v) is 2.18. The standard InChI is InChI=1S/C8H11N2/c1-2-6-3-4-7(9)5-8(6)10/h2-5H,9-10H2,1H3. The molecule has 0 unspecified atom stereocenters. The van der Waals surface area contributed by atoms with Gasteiger partial charge in [0.15, 0.2) is 0 Å². The molecular formula is C8H11N2. The van der Waals surface area contributed by atoms with E-state index in [9.17, 15) is 0 Å². The molecule has 0 aliphatic heterocycles. The molecule has 0 atom stereocenters. The monoisotopic (exact) mass is 135 g/mol. The second kappa shape index (κ2) is 2.60. The molecule has 10 heavy (non-hydrogen) atoms. The lowest BCUT2D eigenvalue weighted by atomic mass is 10.1. The maximum Gasteiger partial charge on any atom is 0.0370 e. The molecule has 1 rings (SSSR count). The quantitative estimate of drug-likeness (QED) is 0.572. The van der Waals surface area contributed by atoms with Crippen molar-refractivity contribution in [2.24, 2.45) is 0 Å². The van der Waals surface area contributed by atoms with Gasteiger partial charge in [0, 0.05) is 11.4 Å². The number of nitrogen functional groups attached to an aromatic ring is 2. The topological polar surface area (TPSA) is 52.0 Å². The molecule has 53 valence electrons. The van der Waals surface area contributed by atoms with Crippen molar-refractivity contribution in [1.82, 2.24) is 0 Å². The Morgan fingerprint density at radius 2 is 2.00 bits per heavy atom. The van der Waals surface area contributed by atoms with Crippen LogP contribution in [-0.4, -0.2) is 0 Å². The summed E-state index contributed by atoms with van der Waals surface area (Å²) in [5, 5.41) is 0. The van der Waals surface area contributed by atoms with E-state index in [1.54, 1.807) is 6.07 Å². The van der Waals surface area contributed by atoms with Crippen LogP contribution >= 0.6 is 0 Å². The number of anilines is 2. The summed E-state index contributed by atoms with van der Waals surface area (Å²) in [7, 11) is 0. The van der Waals surface area contributed by atoms with Gasteiger partial charge in [0.05, 0.1) is 0 Å². The Labute approximate surface area is 60.8 Å². The number of hydrogen-bond donors (Lipinski definition) is 2. The fraction of sp³-hybridized carbons (Fsp3) is 0.125. The van der Waals surface area contributed by atoms with Crippen molar-refractivity contribution in [3.05, 3.63) is 30.2 Å². The predicted molar refractivity (Wildman–Crippen MR) is 44.3 cm³/mol. The highest BCUT2D eigenvalue weighted by molar-refractivity contribution is 5.58. The van der Waals surface area contributed by atoms with Crippen LogP contribution in [0.2, 0.25) is 0 Å². The zero-order valence-corrected chi connectivity index (χ0v) is 5.96. The minimum absolute atomic E-state index is 0.711. The first-order valence-corrected chi connectivity index (χ1v) is 3.18. The minimum Gasteiger partial charge on any atom is -0.399 e. The van der Waals surface area contributed by atoms with Crippen LogP contribution in [0.4, 0.5) is 11.4 Å². The summed E-state index contributed by atoms with van der Waals surface area (Å²) >= 11 is 0. The largest absolute Gasteiger partial charge is 0.399 e. The molecule has 1 radical (unpaired) electrons. The lowest BCUT2D eigenvalue weighted by Crippen LogP contribution is -1.93. The van der Waals surface area contributed by atoms with Crippen LogP contribution < -0.4 is 11.5 Å². The fourth-order valence-corrected chi connectivity index (χ4v) is 0.856. The van der Waals surface area contributed by atoms with Crippen molar-refractivity contribution < 1.29 is 0 Å². The molecule has 0 aliphatic carbocycles. The van der Waals surface area contributed by atoms with Crippen molar-refractivity contribution >= 4 is 11.4 Å². The summed E-state index contributed by atoms with van der Waals surface area (Å²) in [4.78, 5) is 0. The van der Waals surface area contributed by atoms with Crippen molar-refractivity contribution in [3.8, 4) is 0 Å². The first-order chi connectivity index (χ1) is 4.74. The summed E-state index contributed by atoms with van der Waals surface area (Å²) in [5.41, 5.74) is 13.6. The van der Waals surface area contributed by atoms with Gasteiger partial charge in [-0.25, -0.2) is 0 Å². The van der Waals surface area contributed by atoms with Crippen LogP contribution in [0.25, 0.3) is 0 Å². The van der Waals surface area contributed by atoms with Gasteiger partial charge in [0.2, 0.25) is 0 Å². The van der Waals surface area contributed by atoms with Gasteiger partial charge in [-0.2, -0.15) is 0 Å². The van der Waals surface area contributed by atoms with E-state index in [0.29, 0.717) is 5.69 Å². The maximum atomic E-state index is 5.62. The van der Waals surface area contributed by atoms with Crippen LogP contribution in [0.1, 0.15) is 12.5 Å². The molecule has 2 heteroatoms. The van der Waals surface area contributed by atoms with Gasteiger partial charge in [-0.3, -0.25) is 0 Å². The van der Waals surface area contributed by atoms with Gasteiger partial charge in [-0.1, -0.05) is 13.0 Å². The van der Waals surface area contributed by atoms with Crippen LogP contribution in [0.3, 0.4) is 0 Å². The summed E-state index contributed by atoms with van der Waals surface area (Å²) in [6.45, 7) is 1.95. The third-order valence-electron chi connectivity index (χ3n) is 1.42. The van der Waals surface area contributed by atoms with E-state index in [1.165, 1.54) is 0 Å². The number of benzene rings is 1. The summed E-state index contributed by atoms with van der Waals surface area (Å²) in [5.74, 6) is 0. The van der Waals surface area contributed by atoms with E-state index >= 15 is 0 Å². The SMILES string of the molecule is C[CH]c1ccc(N)cc1N. The molecule has 0 spiro atoms. The molecular weight excluding hydrogens is 124 g/mol. The molecule has 0 fully saturated rings. The molecule has 0 bridgehead atoms. The molecule has 0 heterocycles. The van der Waals surface area contributed by atoms with Gasteiger partial charge < -0.3 is 11.5 Å². The lowest BCUT2D eigenvalue weighted by molar-refractivity contribution is 1.43. The lowest BCUT2D eigenvalue weighted by Gasteiger charge is -2.01. The molecule has 1 aromatic rings. The summed E-state index contributed by atoms with van der Waals surface area (Å²) in [6.07, 6.45) is 1.95. The fourth-order valence-electron chi connectivity index (χ4n) is 0.856. The molecule has 0 saturated heterocycles. The highest BCUT2D eigenvalue weighted by atomic mass is 14.6. The number of hydrogen-bond acceptors (Lipinski definition) is 2. The Bertz CT molecular complexity index is 231. The van der Waals surface area contributed by atoms with Crippen molar-refractivity contribution in [2.45, 2.75) is 6.92 Å². The Balaban J connectivity index is 3.07. The average Bonchev–Trinajstić information content (AvgIpc) is 1.88. The Hall–Kier alpha value is -1.18. The predicted octanol–water partition coefficient (Wildman–Crippen LogP) is 1.42. The number of rotatable bonds is 1. The molecule has 0 amide bonds. The van der Waals surface area contributed by atoms with E-state index in [2.05, 4.69) is 0 Å². The van der Waals surface area contributed by atoms with E-state index in [0.717, 1.165) is 11.3 Å². The first-order valence-electron chi connectivity index (χ1n) is 3.18. The molecule has 2 nitrogen and oxygen atoms in total. The second-order valence-electron chi connectivity index (χ2n) is 2.18. The van der Waals surface area contributed by atoms with Gasteiger partial charge in [0.25, 0.3) is 0 Å². The molecule has 4 N–H and O–H groups in total. The van der Waals surface area contributed by atoms with Crippen molar-refractivity contribution in [3.63, 3.8) is 0 Å². The molecule has 0 saturated carbocycles. The van der Waals surface area contributed by atoms with E-state index in [4.69, 9.17) is 11.5 Å².